The molecule has 0 aromatic heterocycles. The Balaban J connectivity index is 1.34. The Morgan fingerprint density at radius 3 is 2.62 bits per heavy atom. The average molecular weight is 489 g/mol. The summed E-state index contributed by atoms with van der Waals surface area (Å²) in [5, 5.41) is 9.94. The van der Waals surface area contributed by atoms with Crippen LogP contribution in [0.3, 0.4) is 0 Å². The van der Waals surface area contributed by atoms with Gasteiger partial charge in [-0.2, -0.15) is 0 Å². The van der Waals surface area contributed by atoms with E-state index >= 15 is 0 Å². The molecule has 0 aliphatic carbocycles. The van der Waals surface area contributed by atoms with Crippen LogP contribution in [0.5, 0.6) is 5.75 Å². The van der Waals surface area contributed by atoms with Crippen LogP contribution in [0, 0.1) is 0 Å². The van der Waals surface area contributed by atoms with Gasteiger partial charge in [-0.15, -0.1) is 0 Å². The number of amides is 1. The highest BCUT2D eigenvalue weighted by atomic mass is 32.2. The van der Waals surface area contributed by atoms with Gasteiger partial charge in [-0.25, -0.2) is 8.42 Å². The zero-order valence-corrected chi connectivity index (χ0v) is 19.4. The summed E-state index contributed by atoms with van der Waals surface area (Å²) in [6.45, 7) is 1.97. The van der Waals surface area contributed by atoms with Crippen molar-refractivity contribution in [3.8, 4) is 5.75 Å². The van der Waals surface area contributed by atoms with E-state index in [9.17, 15) is 18.3 Å². The minimum absolute atomic E-state index is 0.00644. The van der Waals surface area contributed by atoms with Crippen molar-refractivity contribution in [2.45, 2.75) is 42.0 Å². The van der Waals surface area contributed by atoms with Gasteiger partial charge in [-0.05, 0) is 36.8 Å². The zero-order valence-electron chi connectivity index (χ0n) is 18.6. The fraction of sp³-hybridized carbons (Fsp3) is 0.458. The molecule has 0 unspecified atom stereocenters. The molecule has 0 saturated carbocycles. The molecule has 2 fully saturated rings. The number of aliphatic hydroxyl groups is 1. The molecule has 0 bridgehead atoms. The Hall–Kier alpha value is -2.66. The first-order valence-corrected chi connectivity index (χ1v) is 12.9. The molecular weight excluding hydrogens is 460 g/mol. The summed E-state index contributed by atoms with van der Waals surface area (Å²) < 4.78 is 45.6. The van der Waals surface area contributed by atoms with E-state index in [1.165, 1.54) is 12.1 Å². The topological polar surface area (TPSA) is 114 Å². The fourth-order valence-corrected chi connectivity index (χ4v) is 5.97. The second-order valence-corrected chi connectivity index (χ2v) is 10.5. The van der Waals surface area contributed by atoms with Crippen LogP contribution in [0.1, 0.15) is 24.3 Å². The van der Waals surface area contributed by atoms with E-state index in [4.69, 9.17) is 14.2 Å². The number of hydrogen-bond donors (Lipinski definition) is 2. The molecule has 0 radical (unpaired) electrons. The molecule has 2 aromatic rings. The number of ether oxygens (including phenoxy) is 3. The predicted molar refractivity (Wildman–Crippen MR) is 123 cm³/mol. The number of nitrogens with one attached hydrogen (secondary N) is 1. The molecule has 182 valence electrons. The van der Waals surface area contributed by atoms with Crippen molar-refractivity contribution in [2.24, 2.45) is 0 Å². The number of benzene rings is 2. The standard InChI is InChI=1S/C24H28N2O7S/c27-15-22-24-20(13-17(32-22)14-23(28)26-8-10-31-11-9-26)19-12-16(6-7-21(19)33-24)25-34(29,30)18-4-2-1-3-5-18/h1-7,12,17,20,22,24-25,27H,8-11,13-15H2/t17-,20-,22-,24+/m1/s1. The number of nitrogens with zero attached hydrogens (tertiary/aromatic N) is 1. The molecule has 3 heterocycles. The molecule has 1 amide bonds. The molecular formula is C24H28N2O7S. The van der Waals surface area contributed by atoms with Gasteiger partial charge in [0.2, 0.25) is 5.91 Å². The number of aliphatic hydroxyl groups excluding tert-OH is 1. The average Bonchev–Trinajstić information content (AvgIpc) is 3.22. The van der Waals surface area contributed by atoms with E-state index in [2.05, 4.69) is 4.72 Å². The zero-order chi connectivity index (χ0) is 23.7. The van der Waals surface area contributed by atoms with Crippen molar-refractivity contribution in [3.63, 3.8) is 0 Å². The lowest BCUT2D eigenvalue weighted by Crippen LogP contribution is -2.48. The van der Waals surface area contributed by atoms with Gasteiger partial charge in [0, 0.05) is 30.3 Å². The molecule has 3 aliphatic rings. The maximum atomic E-state index is 12.8. The largest absolute Gasteiger partial charge is 0.487 e. The lowest BCUT2D eigenvalue weighted by molar-refractivity contribution is -0.151. The summed E-state index contributed by atoms with van der Waals surface area (Å²) >= 11 is 0. The highest BCUT2D eigenvalue weighted by Crippen LogP contribution is 2.47. The van der Waals surface area contributed by atoms with E-state index in [1.807, 2.05) is 0 Å². The summed E-state index contributed by atoms with van der Waals surface area (Å²) in [5.74, 6) is 0.524. The Kier molecular flexibility index (Phi) is 6.48. The van der Waals surface area contributed by atoms with Gasteiger partial charge in [0.15, 0.2) is 0 Å². The van der Waals surface area contributed by atoms with Crippen molar-refractivity contribution >= 4 is 21.6 Å². The van der Waals surface area contributed by atoms with Crippen molar-refractivity contribution < 1.29 is 32.5 Å². The number of morpholine rings is 1. The normalized spacial score (nSPS) is 26.3. The highest BCUT2D eigenvalue weighted by Gasteiger charge is 2.46. The molecule has 9 nitrogen and oxygen atoms in total. The Labute approximate surface area is 198 Å². The second-order valence-electron chi connectivity index (χ2n) is 8.77. The molecule has 10 heteroatoms. The maximum Gasteiger partial charge on any atom is 0.261 e. The molecule has 3 aliphatic heterocycles. The molecule has 0 spiro atoms. The summed E-state index contributed by atoms with van der Waals surface area (Å²) in [6.07, 6.45) is -0.573. The first kappa shape index (κ1) is 23.1. The first-order valence-electron chi connectivity index (χ1n) is 11.4. The van der Waals surface area contributed by atoms with Crippen LogP contribution in [-0.2, 0) is 24.3 Å². The van der Waals surface area contributed by atoms with Crippen molar-refractivity contribution in [1.29, 1.82) is 0 Å². The third kappa shape index (κ3) is 4.63. The highest BCUT2D eigenvalue weighted by molar-refractivity contribution is 7.92. The van der Waals surface area contributed by atoms with Gasteiger partial charge in [-0.1, -0.05) is 18.2 Å². The minimum atomic E-state index is -3.73. The monoisotopic (exact) mass is 488 g/mol. The summed E-state index contributed by atoms with van der Waals surface area (Å²) in [5.41, 5.74) is 1.28. The lowest BCUT2D eigenvalue weighted by atomic mass is 9.84. The van der Waals surface area contributed by atoms with Gasteiger partial charge in [0.25, 0.3) is 10.0 Å². The number of carbonyl (C=O) groups excluding carboxylic acids is 1. The van der Waals surface area contributed by atoms with E-state index < -0.39 is 22.2 Å². The number of anilines is 1. The van der Waals surface area contributed by atoms with Gasteiger partial charge in [0.1, 0.15) is 18.0 Å². The number of hydrogen-bond acceptors (Lipinski definition) is 7. The maximum absolute atomic E-state index is 12.8. The molecule has 2 aromatic carbocycles. The van der Waals surface area contributed by atoms with E-state index in [-0.39, 0.29) is 35.9 Å². The molecule has 4 atom stereocenters. The van der Waals surface area contributed by atoms with Gasteiger partial charge in [-0.3, -0.25) is 9.52 Å². The quantitative estimate of drug-likeness (QED) is 0.637. The third-order valence-electron chi connectivity index (χ3n) is 6.57. The smallest absolute Gasteiger partial charge is 0.261 e. The molecule has 2 saturated heterocycles. The number of rotatable bonds is 6. The fourth-order valence-electron chi connectivity index (χ4n) is 4.90. The summed E-state index contributed by atoms with van der Waals surface area (Å²) in [6, 6.07) is 13.3. The van der Waals surface area contributed by atoms with Crippen LogP contribution in [0.25, 0.3) is 0 Å². The number of sulfonamides is 1. The summed E-state index contributed by atoms with van der Waals surface area (Å²) in [4.78, 5) is 14.7. The van der Waals surface area contributed by atoms with Gasteiger partial charge >= 0.3 is 0 Å². The Morgan fingerprint density at radius 1 is 1.12 bits per heavy atom. The lowest BCUT2D eigenvalue weighted by Gasteiger charge is -2.38. The van der Waals surface area contributed by atoms with Crippen LogP contribution in [0.4, 0.5) is 5.69 Å². The molecule has 34 heavy (non-hydrogen) atoms. The van der Waals surface area contributed by atoms with Crippen molar-refractivity contribution in [3.05, 3.63) is 54.1 Å². The Bertz CT molecular complexity index is 1140. The summed E-state index contributed by atoms with van der Waals surface area (Å²) in [7, 11) is -3.73. The molecule has 5 rings (SSSR count). The van der Waals surface area contributed by atoms with Crippen LogP contribution in [0.2, 0.25) is 0 Å². The van der Waals surface area contributed by atoms with Crippen LogP contribution in [0.15, 0.2) is 53.4 Å². The van der Waals surface area contributed by atoms with Gasteiger partial charge < -0.3 is 24.2 Å². The SMILES string of the molecule is O=C(C[C@H]1C[C@@H]2c3cc(NS(=O)(=O)c4ccccc4)ccc3O[C@@H]2[C@@H](CO)O1)N1CCOCC1. The van der Waals surface area contributed by atoms with E-state index in [0.29, 0.717) is 44.2 Å². The third-order valence-corrected chi connectivity index (χ3v) is 7.97. The molecule has 2 N–H and O–H groups in total. The van der Waals surface area contributed by atoms with Crippen molar-refractivity contribution in [2.75, 3.05) is 37.6 Å². The second kappa shape index (κ2) is 9.53. The number of carbonyl (C=O) groups is 1. The first-order chi connectivity index (χ1) is 16.4. The van der Waals surface area contributed by atoms with Crippen LogP contribution >= 0.6 is 0 Å². The Morgan fingerprint density at radius 2 is 1.88 bits per heavy atom. The predicted octanol–water partition coefficient (Wildman–Crippen LogP) is 1.73. The van der Waals surface area contributed by atoms with Crippen molar-refractivity contribution in [1.82, 2.24) is 4.90 Å². The van der Waals surface area contributed by atoms with Gasteiger partial charge in [0.05, 0.1) is 37.2 Å². The minimum Gasteiger partial charge on any atom is -0.487 e. The van der Waals surface area contributed by atoms with E-state index in [1.54, 1.807) is 41.3 Å². The van der Waals surface area contributed by atoms with Crippen LogP contribution in [-0.4, -0.2) is 75.6 Å². The number of fused-ring (bicyclic) bond motifs is 3. The van der Waals surface area contributed by atoms with E-state index in [0.717, 1.165) is 5.56 Å². The van der Waals surface area contributed by atoms with Crippen LogP contribution < -0.4 is 9.46 Å².